The highest BCUT2D eigenvalue weighted by Gasteiger charge is 2.33. The smallest absolute Gasteiger partial charge is 0.312 e. The Morgan fingerprint density at radius 2 is 1.88 bits per heavy atom. The second-order valence-electron chi connectivity index (χ2n) is 6.98. The number of allylic oxidation sites excluding steroid dienone is 2. The summed E-state index contributed by atoms with van der Waals surface area (Å²) in [6, 6.07) is -0.352. The summed E-state index contributed by atoms with van der Waals surface area (Å²) in [7, 11) is 0. The monoisotopic (exact) mass is 334 g/mol. The van der Waals surface area contributed by atoms with E-state index >= 15 is 0 Å². The topological polar surface area (TPSA) is 70.5 Å². The lowest BCUT2D eigenvalue weighted by atomic mass is 10.0. The van der Waals surface area contributed by atoms with Gasteiger partial charge in [-0.1, -0.05) is 31.9 Å². The molecule has 0 radical (unpaired) electrons. The Hall–Kier alpha value is -1.65. The van der Waals surface area contributed by atoms with E-state index in [2.05, 4.69) is 19.1 Å². The normalized spacial score (nSPS) is 29.7. The predicted molar refractivity (Wildman–Crippen MR) is 93.8 cm³/mol. The van der Waals surface area contributed by atoms with Gasteiger partial charge in [0.2, 0.25) is 11.8 Å². The van der Waals surface area contributed by atoms with E-state index in [1.165, 1.54) is 0 Å². The highest BCUT2D eigenvalue weighted by Crippen LogP contribution is 2.21. The quantitative estimate of drug-likeness (QED) is 0.541. The number of carbonyl (C=O) groups is 2. The lowest BCUT2D eigenvalue weighted by molar-refractivity contribution is -0.137. The highest BCUT2D eigenvalue weighted by molar-refractivity contribution is 5.93. The van der Waals surface area contributed by atoms with Crippen LogP contribution < -0.4 is 0 Å². The van der Waals surface area contributed by atoms with Crippen molar-refractivity contribution in [3.05, 3.63) is 12.2 Å². The number of rotatable bonds is 0. The largest absolute Gasteiger partial charge is 0.410 e. The number of esters is 1. The fourth-order valence-corrected chi connectivity index (χ4v) is 3.39. The van der Waals surface area contributed by atoms with Gasteiger partial charge in [0.05, 0.1) is 0 Å². The molecule has 0 aromatic rings. The fraction of sp³-hybridized carbons (Fsp3) is 0.737. The SMILES string of the molecule is CC1/C=C\CCCCCCC(=O)N2CCC[C@H]2C(=N)OC(=O)CC1. The summed E-state index contributed by atoms with van der Waals surface area (Å²) in [6.07, 6.45) is 12.8. The summed E-state index contributed by atoms with van der Waals surface area (Å²) in [5, 5.41) is 8.08. The van der Waals surface area contributed by atoms with Crippen LogP contribution in [0.1, 0.15) is 71.1 Å². The van der Waals surface area contributed by atoms with Crippen molar-refractivity contribution in [1.29, 1.82) is 5.41 Å². The lowest BCUT2D eigenvalue weighted by Crippen LogP contribution is -2.41. The fourth-order valence-electron chi connectivity index (χ4n) is 3.39. The average Bonchev–Trinajstić information content (AvgIpc) is 3.04. The van der Waals surface area contributed by atoms with E-state index in [-0.39, 0.29) is 23.8 Å². The van der Waals surface area contributed by atoms with Crippen LogP contribution in [0.5, 0.6) is 0 Å². The molecule has 1 N–H and O–H groups in total. The van der Waals surface area contributed by atoms with Gasteiger partial charge in [0.25, 0.3) is 0 Å². The molecule has 1 amide bonds. The maximum Gasteiger partial charge on any atom is 0.312 e. The molecule has 1 saturated heterocycles. The van der Waals surface area contributed by atoms with Gasteiger partial charge < -0.3 is 9.64 Å². The molecule has 5 heteroatoms. The first-order valence-corrected chi connectivity index (χ1v) is 9.33. The second kappa shape index (κ2) is 9.60. The Kier molecular flexibility index (Phi) is 7.47. The molecule has 0 bridgehead atoms. The molecule has 134 valence electrons. The summed E-state index contributed by atoms with van der Waals surface area (Å²) in [4.78, 5) is 26.1. The zero-order valence-corrected chi connectivity index (χ0v) is 14.8. The Bertz CT molecular complexity index is 487. The minimum absolute atomic E-state index is 0.0571. The number of cyclic esters (lactones) is 1. The van der Waals surface area contributed by atoms with Gasteiger partial charge in [0.15, 0.2) is 0 Å². The molecule has 1 unspecified atom stereocenters. The van der Waals surface area contributed by atoms with E-state index in [0.29, 0.717) is 25.3 Å². The van der Waals surface area contributed by atoms with Crippen LogP contribution in [-0.4, -0.2) is 35.3 Å². The Morgan fingerprint density at radius 3 is 2.71 bits per heavy atom. The van der Waals surface area contributed by atoms with E-state index in [1.54, 1.807) is 4.90 Å². The minimum atomic E-state index is -0.358. The molecule has 0 spiro atoms. The Morgan fingerprint density at radius 1 is 1.08 bits per heavy atom. The van der Waals surface area contributed by atoms with Crippen molar-refractivity contribution < 1.29 is 14.3 Å². The first-order valence-electron chi connectivity index (χ1n) is 9.33. The van der Waals surface area contributed by atoms with E-state index < -0.39 is 0 Å². The van der Waals surface area contributed by atoms with E-state index in [1.807, 2.05) is 0 Å². The summed E-state index contributed by atoms with van der Waals surface area (Å²) >= 11 is 0. The summed E-state index contributed by atoms with van der Waals surface area (Å²) < 4.78 is 5.21. The van der Waals surface area contributed by atoms with Crippen LogP contribution in [0.3, 0.4) is 0 Å². The van der Waals surface area contributed by atoms with Crippen molar-refractivity contribution in [1.82, 2.24) is 4.90 Å². The van der Waals surface area contributed by atoms with Crippen LogP contribution >= 0.6 is 0 Å². The van der Waals surface area contributed by atoms with Gasteiger partial charge in [0, 0.05) is 19.4 Å². The molecule has 0 saturated carbocycles. The number of nitrogens with zero attached hydrogens (tertiary/aromatic N) is 1. The van der Waals surface area contributed by atoms with Crippen LogP contribution in [0.4, 0.5) is 0 Å². The van der Waals surface area contributed by atoms with Crippen molar-refractivity contribution in [2.75, 3.05) is 6.54 Å². The van der Waals surface area contributed by atoms with Gasteiger partial charge >= 0.3 is 5.97 Å². The number of hydrogen-bond donors (Lipinski definition) is 1. The Labute approximate surface area is 144 Å². The van der Waals surface area contributed by atoms with Gasteiger partial charge in [-0.05, 0) is 44.4 Å². The molecule has 24 heavy (non-hydrogen) atoms. The van der Waals surface area contributed by atoms with Gasteiger partial charge in [0.1, 0.15) is 6.04 Å². The van der Waals surface area contributed by atoms with Gasteiger partial charge in [-0.25, -0.2) is 0 Å². The second-order valence-corrected chi connectivity index (χ2v) is 6.98. The maximum atomic E-state index is 12.4. The molecular formula is C19H30N2O3. The van der Waals surface area contributed by atoms with E-state index in [9.17, 15) is 9.59 Å². The van der Waals surface area contributed by atoms with Crippen LogP contribution in [0.15, 0.2) is 12.2 Å². The third-order valence-electron chi connectivity index (χ3n) is 4.88. The van der Waals surface area contributed by atoms with Crippen molar-refractivity contribution >= 4 is 17.8 Å². The van der Waals surface area contributed by atoms with Gasteiger partial charge in [-0.15, -0.1) is 0 Å². The standard InChI is InChI=1S/C19H30N2O3/c1-15-9-6-4-2-3-5-7-11-17(22)21-14-8-10-16(21)19(20)24-18(23)13-12-15/h6,9,15-16,20H,2-5,7-8,10-14H2,1H3/b9-6-,20-19?/t15?,16-/m0/s1. The summed E-state index contributed by atoms with van der Waals surface area (Å²) in [5.74, 6) is 0.0188. The number of nitrogens with one attached hydrogen (secondary N) is 1. The number of hydrogen-bond acceptors (Lipinski definition) is 4. The van der Waals surface area contributed by atoms with E-state index in [4.69, 9.17) is 10.1 Å². The molecule has 2 aliphatic heterocycles. The zero-order valence-electron chi connectivity index (χ0n) is 14.8. The van der Waals surface area contributed by atoms with Crippen LogP contribution in [0, 0.1) is 11.3 Å². The molecule has 2 heterocycles. The number of fused-ring (bicyclic) bond motifs is 1. The third-order valence-corrected chi connectivity index (χ3v) is 4.88. The van der Waals surface area contributed by atoms with Crippen LogP contribution in [-0.2, 0) is 14.3 Å². The predicted octanol–water partition coefficient (Wildman–Crippen LogP) is 3.82. The number of carbonyl (C=O) groups excluding carboxylic acids is 2. The first kappa shape index (κ1) is 18.7. The molecule has 5 nitrogen and oxygen atoms in total. The number of ether oxygens (including phenoxy) is 1. The van der Waals surface area contributed by atoms with Crippen molar-refractivity contribution in [2.24, 2.45) is 5.92 Å². The molecule has 2 atom stereocenters. The number of amides is 1. The summed E-state index contributed by atoms with van der Waals surface area (Å²) in [5.41, 5.74) is 0. The molecule has 2 rings (SSSR count). The Balaban J connectivity index is 1.98. The molecule has 2 aliphatic rings. The maximum absolute atomic E-state index is 12.4. The van der Waals surface area contributed by atoms with Crippen LogP contribution in [0.2, 0.25) is 0 Å². The molecular weight excluding hydrogens is 304 g/mol. The molecule has 0 aromatic heterocycles. The highest BCUT2D eigenvalue weighted by atomic mass is 16.5. The molecule has 0 aromatic carbocycles. The van der Waals surface area contributed by atoms with Gasteiger partial charge in [-0.3, -0.25) is 15.0 Å². The molecule has 1 fully saturated rings. The minimum Gasteiger partial charge on any atom is -0.410 e. The van der Waals surface area contributed by atoms with Crippen molar-refractivity contribution in [3.63, 3.8) is 0 Å². The van der Waals surface area contributed by atoms with E-state index in [0.717, 1.165) is 51.4 Å². The van der Waals surface area contributed by atoms with Crippen molar-refractivity contribution in [3.8, 4) is 0 Å². The van der Waals surface area contributed by atoms with Crippen molar-refractivity contribution in [2.45, 2.75) is 77.2 Å². The summed E-state index contributed by atoms with van der Waals surface area (Å²) in [6.45, 7) is 2.77. The van der Waals surface area contributed by atoms with Gasteiger partial charge in [-0.2, -0.15) is 0 Å². The third kappa shape index (κ3) is 5.77. The first-order chi connectivity index (χ1) is 11.6. The average molecular weight is 334 g/mol. The zero-order chi connectivity index (χ0) is 17.4. The molecule has 0 aliphatic carbocycles. The lowest BCUT2D eigenvalue weighted by Gasteiger charge is -2.24. The van der Waals surface area contributed by atoms with Crippen LogP contribution in [0.25, 0.3) is 0 Å².